The van der Waals surface area contributed by atoms with Crippen molar-refractivity contribution in [2.45, 2.75) is 52.6 Å². The summed E-state index contributed by atoms with van der Waals surface area (Å²) < 4.78 is 5.89. The summed E-state index contributed by atoms with van der Waals surface area (Å²) in [5.41, 5.74) is 6.79. The molecule has 1 aromatic heterocycles. The van der Waals surface area contributed by atoms with Crippen LogP contribution in [0.2, 0.25) is 0 Å². The first-order valence-electron chi connectivity index (χ1n) is 13.4. The van der Waals surface area contributed by atoms with Gasteiger partial charge in [0.25, 0.3) is 0 Å². The van der Waals surface area contributed by atoms with Crippen LogP contribution < -0.4 is 21.1 Å². The van der Waals surface area contributed by atoms with Crippen LogP contribution in [0, 0.1) is 17.3 Å². The lowest BCUT2D eigenvalue weighted by molar-refractivity contribution is -0.172. The minimum atomic E-state index is -1.05. The molecular formula is C30H39N5O5S. The highest BCUT2D eigenvalue weighted by Gasteiger charge is 2.39. The molecule has 10 nitrogen and oxygen atoms in total. The summed E-state index contributed by atoms with van der Waals surface area (Å²) in [6.45, 7) is 7.35. The number of nitrogen functional groups attached to an aromatic ring is 1. The number of nitrogens with two attached hydrogens (primary N) is 1. The number of anilines is 2. The zero-order valence-corrected chi connectivity index (χ0v) is 24.6. The molecule has 1 heterocycles. The van der Waals surface area contributed by atoms with E-state index in [4.69, 9.17) is 10.5 Å². The fourth-order valence-corrected chi connectivity index (χ4v) is 5.13. The highest BCUT2D eigenvalue weighted by atomic mass is 32.1. The van der Waals surface area contributed by atoms with E-state index in [0.717, 1.165) is 5.56 Å². The van der Waals surface area contributed by atoms with Crippen LogP contribution in [-0.2, 0) is 20.8 Å². The summed E-state index contributed by atoms with van der Waals surface area (Å²) in [5.74, 6) is -1.40. The molecule has 220 valence electrons. The standard InChI is InChI=1S/C30H39N5O5S/c1-20(15-21-9-6-5-7-10-21)16-24(25(35(39)19-36)18-40-23-12-8-11-22(31)17-23)27(37)33-26(30(2,3)4)28(38)34-29-32-13-14-41-29/h5-14,17,19-20,24-26,39H,15-16,18,31H2,1-4H3,(H,33,37)(H,32,34,38)/t20?,24-,25+,26-/m1/s1. The van der Waals surface area contributed by atoms with Crippen LogP contribution in [0.5, 0.6) is 5.75 Å². The van der Waals surface area contributed by atoms with E-state index in [0.29, 0.717) is 34.5 Å². The number of hydrogen-bond acceptors (Lipinski definition) is 8. The first kappa shape index (κ1) is 31.6. The van der Waals surface area contributed by atoms with E-state index >= 15 is 0 Å². The second kappa shape index (κ2) is 14.6. The topological polar surface area (TPSA) is 147 Å². The van der Waals surface area contributed by atoms with Crippen molar-refractivity contribution < 1.29 is 24.3 Å². The number of carbonyl (C=O) groups is 3. The molecule has 0 aliphatic heterocycles. The highest BCUT2D eigenvalue weighted by Crippen LogP contribution is 2.27. The van der Waals surface area contributed by atoms with E-state index in [1.807, 2.05) is 58.0 Å². The van der Waals surface area contributed by atoms with E-state index in [9.17, 15) is 19.6 Å². The predicted molar refractivity (Wildman–Crippen MR) is 159 cm³/mol. The van der Waals surface area contributed by atoms with Gasteiger partial charge in [0.15, 0.2) is 5.13 Å². The Morgan fingerprint density at radius 1 is 1.15 bits per heavy atom. The molecule has 4 atom stereocenters. The Labute approximate surface area is 244 Å². The van der Waals surface area contributed by atoms with Crippen molar-refractivity contribution in [3.63, 3.8) is 0 Å². The number of hydroxylamine groups is 2. The quantitative estimate of drug-likeness (QED) is 0.0956. The normalized spacial score (nSPS) is 14.3. The Morgan fingerprint density at radius 3 is 2.49 bits per heavy atom. The van der Waals surface area contributed by atoms with E-state index in [1.165, 1.54) is 11.3 Å². The summed E-state index contributed by atoms with van der Waals surface area (Å²) in [6.07, 6.45) is 2.82. The fourth-order valence-electron chi connectivity index (χ4n) is 4.60. The molecule has 0 aliphatic carbocycles. The number of ether oxygens (including phenoxy) is 1. The molecule has 2 aromatic carbocycles. The van der Waals surface area contributed by atoms with Crippen LogP contribution in [0.25, 0.3) is 0 Å². The lowest BCUT2D eigenvalue weighted by atomic mass is 9.83. The van der Waals surface area contributed by atoms with Gasteiger partial charge in [-0.15, -0.1) is 11.3 Å². The molecule has 0 bridgehead atoms. The molecule has 0 radical (unpaired) electrons. The number of carbonyl (C=O) groups excluding carboxylic acids is 3. The van der Waals surface area contributed by atoms with Gasteiger partial charge in [0.2, 0.25) is 18.2 Å². The lowest BCUT2D eigenvalue weighted by Gasteiger charge is -2.35. The maximum atomic E-state index is 14.0. The maximum absolute atomic E-state index is 14.0. The molecule has 3 amide bonds. The number of hydrogen-bond donors (Lipinski definition) is 4. The molecule has 3 rings (SSSR count). The van der Waals surface area contributed by atoms with Gasteiger partial charge in [0, 0.05) is 23.3 Å². The number of aromatic nitrogens is 1. The zero-order chi connectivity index (χ0) is 30.0. The molecule has 3 aromatic rings. The summed E-state index contributed by atoms with van der Waals surface area (Å²) in [6, 6.07) is 14.6. The average Bonchev–Trinajstić information content (AvgIpc) is 3.43. The number of amides is 3. The first-order valence-corrected chi connectivity index (χ1v) is 14.3. The number of rotatable bonds is 14. The zero-order valence-electron chi connectivity index (χ0n) is 23.8. The van der Waals surface area contributed by atoms with Crippen LogP contribution >= 0.6 is 11.3 Å². The van der Waals surface area contributed by atoms with E-state index in [1.54, 1.807) is 35.8 Å². The van der Waals surface area contributed by atoms with Gasteiger partial charge in [0.05, 0.1) is 5.92 Å². The molecule has 41 heavy (non-hydrogen) atoms. The smallest absolute Gasteiger partial charge is 0.249 e. The van der Waals surface area contributed by atoms with Gasteiger partial charge in [-0.25, -0.2) is 10.0 Å². The minimum absolute atomic E-state index is 0.0136. The number of nitrogens with one attached hydrogen (secondary N) is 2. The molecular weight excluding hydrogens is 542 g/mol. The first-order chi connectivity index (χ1) is 19.5. The van der Waals surface area contributed by atoms with Gasteiger partial charge in [-0.1, -0.05) is 64.1 Å². The van der Waals surface area contributed by atoms with Crippen molar-refractivity contribution in [2.75, 3.05) is 17.7 Å². The third kappa shape index (κ3) is 9.58. The number of thiazole rings is 1. The van der Waals surface area contributed by atoms with Crippen molar-refractivity contribution >= 4 is 40.4 Å². The SMILES string of the molecule is CC(Cc1ccccc1)C[C@@H](C(=O)N[C@H](C(=O)Nc1nccs1)C(C)(C)C)[C@H](COc1cccc(N)c1)N(O)C=O. The number of benzene rings is 2. The molecule has 0 aliphatic rings. The predicted octanol–water partition coefficient (Wildman–Crippen LogP) is 4.38. The van der Waals surface area contributed by atoms with Gasteiger partial charge >= 0.3 is 0 Å². The third-order valence-corrected chi connectivity index (χ3v) is 7.38. The largest absolute Gasteiger partial charge is 0.491 e. The van der Waals surface area contributed by atoms with E-state index in [2.05, 4.69) is 15.6 Å². The van der Waals surface area contributed by atoms with Crippen LogP contribution in [0.1, 0.15) is 39.7 Å². The molecule has 11 heteroatoms. The second-order valence-corrected chi connectivity index (χ2v) is 12.1. The molecule has 0 spiro atoms. The van der Waals surface area contributed by atoms with Gasteiger partial charge in [-0.2, -0.15) is 0 Å². The average molecular weight is 582 g/mol. The van der Waals surface area contributed by atoms with E-state index < -0.39 is 35.2 Å². The fraction of sp³-hybridized carbons (Fsp3) is 0.400. The third-order valence-electron chi connectivity index (χ3n) is 6.69. The molecule has 0 fully saturated rings. The van der Waals surface area contributed by atoms with Crippen LogP contribution in [0.15, 0.2) is 66.2 Å². The lowest BCUT2D eigenvalue weighted by Crippen LogP contribution is -2.56. The second-order valence-electron chi connectivity index (χ2n) is 11.2. The minimum Gasteiger partial charge on any atom is -0.491 e. The van der Waals surface area contributed by atoms with Crippen LogP contribution in [0.4, 0.5) is 10.8 Å². The van der Waals surface area contributed by atoms with Gasteiger partial charge in [-0.3, -0.25) is 19.6 Å². The molecule has 0 saturated carbocycles. The Bertz CT molecular complexity index is 1270. The van der Waals surface area contributed by atoms with Crippen molar-refractivity contribution in [3.05, 3.63) is 71.7 Å². The van der Waals surface area contributed by atoms with Crippen molar-refractivity contribution in [3.8, 4) is 5.75 Å². The van der Waals surface area contributed by atoms with Gasteiger partial charge < -0.3 is 21.1 Å². The maximum Gasteiger partial charge on any atom is 0.249 e. The highest BCUT2D eigenvalue weighted by molar-refractivity contribution is 7.13. The van der Waals surface area contributed by atoms with Crippen LogP contribution in [0.3, 0.4) is 0 Å². The Kier molecular flexibility index (Phi) is 11.2. The Hall–Kier alpha value is -3.96. The van der Waals surface area contributed by atoms with Crippen molar-refractivity contribution in [1.29, 1.82) is 0 Å². The summed E-state index contributed by atoms with van der Waals surface area (Å²) in [4.78, 5) is 43.1. The summed E-state index contributed by atoms with van der Waals surface area (Å²) in [5, 5.41) is 18.9. The Morgan fingerprint density at radius 2 is 1.88 bits per heavy atom. The van der Waals surface area contributed by atoms with Crippen molar-refractivity contribution in [2.24, 2.45) is 17.3 Å². The van der Waals surface area contributed by atoms with E-state index in [-0.39, 0.29) is 18.9 Å². The monoisotopic (exact) mass is 581 g/mol. The summed E-state index contributed by atoms with van der Waals surface area (Å²) in [7, 11) is 0. The van der Waals surface area contributed by atoms with Crippen LogP contribution in [-0.4, -0.2) is 52.2 Å². The van der Waals surface area contributed by atoms with Crippen molar-refractivity contribution in [1.82, 2.24) is 15.4 Å². The molecule has 0 saturated heterocycles. The summed E-state index contributed by atoms with van der Waals surface area (Å²) >= 11 is 1.27. The number of nitrogens with zero attached hydrogens (tertiary/aromatic N) is 2. The molecule has 1 unspecified atom stereocenters. The Balaban J connectivity index is 1.89. The molecule has 5 N–H and O–H groups in total. The van der Waals surface area contributed by atoms with Gasteiger partial charge in [-0.05, 0) is 41.9 Å². The van der Waals surface area contributed by atoms with Gasteiger partial charge in [0.1, 0.15) is 24.4 Å².